The van der Waals surface area contributed by atoms with Gasteiger partial charge in [-0.3, -0.25) is 0 Å². The van der Waals surface area contributed by atoms with Crippen LogP contribution in [0.1, 0.15) is 16.1 Å². The summed E-state index contributed by atoms with van der Waals surface area (Å²) in [5, 5.41) is 11.1. The minimum atomic E-state index is -3.81. The van der Waals surface area contributed by atoms with E-state index in [0.717, 1.165) is 16.9 Å². The molecular weight excluding hydrogens is 374 g/mol. The maximum absolute atomic E-state index is 11.9. The van der Waals surface area contributed by atoms with Crippen molar-refractivity contribution in [2.24, 2.45) is 5.14 Å². The van der Waals surface area contributed by atoms with Crippen LogP contribution < -0.4 is 14.8 Å². The molecule has 7 nitrogen and oxygen atoms in total. The zero-order valence-corrected chi connectivity index (χ0v) is 16.2. The molecule has 0 unspecified atom stereocenters. The smallest absolute Gasteiger partial charge is 0.239 e. The molecule has 0 amide bonds. The van der Waals surface area contributed by atoms with Crippen LogP contribution >= 0.6 is 11.3 Å². The Balaban J connectivity index is 2.10. The normalized spacial score (nSPS) is 11.5. The highest BCUT2D eigenvalue weighted by molar-refractivity contribution is 7.89. The van der Waals surface area contributed by atoms with Gasteiger partial charge in [0.25, 0.3) is 0 Å². The van der Waals surface area contributed by atoms with E-state index in [9.17, 15) is 8.42 Å². The summed E-state index contributed by atoms with van der Waals surface area (Å²) in [6, 6.07) is 8.94. The van der Waals surface area contributed by atoms with Crippen molar-refractivity contribution in [2.75, 3.05) is 12.0 Å². The van der Waals surface area contributed by atoms with Gasteiger partial charge in [0.15, 0.2) is 0 Å². The van der Waals surface area contributed by atoms with Crippen molar-refractivity contribution in [2.45, 2.75) is 25.3 Å². The van der Waals surface area contributed by atoms with Gasteiger partial charge in [-0.2, -0.15) is 0 Å². The Hall–Kier alpha value is -2.36. The first-order chi connectivity index (χ1) is 12.3. The van der Waals surface area contributed by atoms with Gasteiger partial charge in [0.05, 0.1) is 24.2 Å². The number of rotatable bonds is 6. The molecule has 1 aromatic carbocycles. The minimum absolute atomic E-state index is 0.115. The molecule has 3 aromatic rings. The van der Waals surface area contributed by atoms with Gasteiger partial charge >= 0.3 is 0 Å². The van der Waals surface area contributed by atoms with Gasteiger partial charge in [0.1, 0.15) is 5.75 Å². The molecule has 0 radical (unpaired) electrons. The Bertz CT molecular complexity index is 1020. The van der Waals surface area contributed by atoms with Gasteiger partial charge < -0.3 is 14.2 Å². The van der Waals surface area contributed by atoms with E-state index < -0.39 is 10.0 Å². The van der Waals surface area contributed by atoms with Crippen molar-refractivity contribution < 1.29 is 17.7 Å². The van der Waals surface area contributed by atoms with Crippen molar-refractivity contribution in [1.29, 1.82) is 0 Å². The summed E-state index contributed by atoms with van der Waals surface area (Å²) in [4.78, 5) is 2.59. The first kappa shape index (κ1) is 18.4. The highest BCUT2D eigenvalue weighted by atomic mass is 32.2. The Morgan fingerprint density at radius 3 is 2.69 bits per heavy atom. The lowest BCUT2D eigenvalue weighted by atomic mass is 10.2. The Kier molecular flexibility index (Phi) is 5.03. The molecule has 0 atom stereocenters. The fraction of sp³-hybridized carbons (Fsp3) is 0.235. The lowest BCUT2D eigenvalue weighted by molar-refractivity contribution is 0.412. The van der Waals surface area contributed by atoms with E-state index in [4.69, 9.17) is 14.4 Å². The second-order valence-electron chi connectivity index (χ2n) is 5.74. The quantitative estimate of drug-likeness (QED) is 0.689. The number of benzene rings is 1. The Labute approximate surface area is 156 Å². The van der Waals surface area contributed by atoms with Gasteiger partial charge in [-0.15, -0.1) is 11.3 Å². The standard InChI is InChI=1S/C17H19N3O4S2/c1-11-12(2)19-24-17(11)20(13-5-4-6-14(9-13)23-3)10-15-16(7-8-25-15)26(18,21)22/h4-9H,10H2,1-3H3,(H2,18,21,22). The van der Waals surface area contributed by atoms with E-state index in [1.54, 1.807) is 12.5 Å². The fourth-order valence-electron chi connectivity index (χ4n) is 2.56. The van der Waals surface area contributed by atoms with E-state index >= 15 is 0 Å². The highest BCUT2D eigenvalue weighted by Crippen LogP contribution is 2.35. The summed E-state index contributed by atoms with van der Waals surface area (Å²) in [5.74, 6) is 1.23. The number of aromatic nitrogens is 1. The number of thiophene rings is 1. The molecule has 0 aliphatic rings. The largest absolute Gasteiger partial charge is 0.497 e. The molecule has 0 aliphatic carbocycles. The predicted octanol–water partition coefficient (Wildman–Crippen LogP) is 3.35. The summed E-state index contributed by atoms with van der Waals surface area (Å²) >= 11 is 1.32. The molecule has 0 saturated heterocycles. The number of nitrogens with zero attached hydrogens (tertiary/aromatic N) is 2. The molecule has 2 N–H and O–H groups in total. The van der Waals surface area contributed by atoms with Gasteiger partial charge in [0.2, 0.25) is 15.9 Å². The number of methoxy groups -OCH3 is 1. The number of nitrogens with two attached hydrogens (primary N) is 1. The molecule has 3 rings (SSSR count). The predicted molar refractivity (Wildman–Crippen MR) is 101 cm³/mol. The molecule has 0 bridgehead atoms. The lowest BCUT2D eigenvalue weighted by Gasteiger charge is -2.22. The van der Waals surface area contributed by atoms with Gasteiger partial charge in [-0.05, 0) is 37.4 Å². The topological polar surface area (TPSA) is 98.7 Å². The summed E-state index contributed by atoms with van der Waals surface area (Å²) in [7, 11) is -2.22. The molecule has 0 saturated carbocycles. The minimum Gasteiger partial charge on any atom is -0.497 e. The zero-order valence-electron chi connectivity index (χ0n) is 14.6. The Morgan fingerprint density at radius 1 is 1.31 bits per heavy atom. The highest BCUT2D eigenvalue weighted by Gasteiger charge is 2.23. The average molecular weight is 393 g/mol. The van der Waals surface area contributed by atoms with Crippen LogP contribution in [-0.4, -0.2) is 20.7 Å². The summed E-state index contributed by atoms with van der Waals surface area (Å²) in [5.41, 5.74) is 2.43. The SMILES string of the molecule is COc1cccc(N(Cc2sccc2S(N)(=O)=O)c2onc(C)c2C)c1. The molecule has 0 fully saturated rings. The molecule has 138 valence electrons. The van der Waals surface area contributed by atoms with Crippen LogP contribution in [0.25, 0.3) is 0 Å². The van der Waals surface area contributed by atoms with Crippen molar-refractivity contribution >= 4 is 32.9 Å². The Morgan fingerprint density at radius 2 is 2.08 bits per heavy atom. The van der Waals surface area contributed by atoms with Gasteiger partial charge in [-0.25, -0.2) is 13.6 Å². The van der Waals surface area contributed by atoms with Gasteiger partial charge in [-0.1, -0.05) is 11.2 Å². The van der Waals surface area contributed by atoms with Crippen molar-refractivity contribution in [3.05, 3.63) is 51.8 Å². The number of ether oxygens (including phenoxy) is 1. The van der Waals surface area contributed by atoms with Crippen molar-refractivity contribution in [3.63, 3.8) is 0 Å². The molecule has 9 heteroatoms. The summed E-state index contributed by atoms with van der Waals surface area (Å²) in [6.07, 6.45) is 0. The van der Waals surface area contributed by atoms with E-state index in [1.807, 2.05) is 43.0 Å². The van der Waals surface area contributed by atoms with E-state index in [-0.39, 0.29) is 11.4 Å². The molecule has 2 heterocycles. The number of aryl methyl sites for hydroxylation is 1. The van der Waals surface area contributed by atoms with Crippen LogP contribution in [0, 0.1) is 13.8 Å². The first-order valence-electron chi connectivity index (χ1n) is 7.75. The summed E-state index contributed by atoms with van der Waals surface area (Å²) in [6.45, 7) is 4.03. The maximum Gasteiger partial charge on any atom is 0.239 e. The van der Waals surface area contributed by atoms with Gasteiger partial charge in [0, 0.05) is 22.2 Å². The van der Waals surface area contributed by atoms with Crippen LogP contribution in [0.4, 0.5) is 11.6 Å². The third-order valence-electron chi connectivity index (χ3n) is 4.06. The first-order valence-corrected chi connectivity index (χ1v) is 10.2. The van der Waals surface area contributed by atoms with Crippen molar-refractivity contribution in [3.8, 4) is 5.75 Å². The van der Waals surface area contributed by atoms with E-state index in [1.165, 1.54) is 17.4 Å². The summed E-state index contributed by atoms with van der Waals surface area (Å²) < 4.78 is 34.5. The number of hydrogen-bond acceptors (Lipinski definition) is 7. The fourth-order valence-corrected chi connectivity index (χ4v) is 4.53. The maximum atomic E-state index is 11.9. The monoisotopic (exact) mass is 393 g/mol. The second kappa shape index (κ2) is 7.10. The number of hydrogen-bond donors (Lipinski definition) is 1. The van der Waals surface area contributed by atoms with Crippen LogP contribution in [-0.2, 0) is 16.6 Å². The average Bonchev–Trinajstić information content (AvgIpc) is 3.20. The third-order valence-corrected chi connectivity index (χ3v) is 6.09. The van der Waals surface area contributed by atoms with Crippen molar-refractivity contribution in [1.82, 2.24) is 5.16 Å². The molecule has 0 spiro atoms. The van der Waals surface area contributed by atoms with Crippen LogP contribution in [0.5, 0.6) is 5.75 Å². The van der Waals surface area contributed by atoms with Crippen LogP contribution in [0.2, 0.25) is 0 Å². The second-order valence-corrected chi connectivity index (χ2v) is 8.27. The number of anilines is 2. The van der Waals surface area contributed by atoms with E-state index in [0.29, 0.717) is 16.5 Å². The zero-order chi connectivity index (χ0) is 18.9. The lowest BCUT2D eigenvalue weighted by Crippen LogP contribution is -2.19. The molecular formula is C17H19N3O4S2. The molecule has 0 aliphatic heterocycles. The third kappa shape index (κ3) is 3.59. The van der Waals surface area contributed by atoms with E-state index in [2.05, 4.69) is 5.16 Å². The van der Waals surface area contributed by atoms with Crippen LogP contribution in [0.15, 0.2) is 45.1 Å². The number of primary sulfonamides is 1. The molecule has 26 heavy (non-hydrogen) atoms. The van der Waals surface area contributed by atoms with Crippen LogP contribution in [0.3, 0.4) is 0 Å². The molecule has 2 aromatic heterocycles. The number of sulfonamides is 1.